The molecule has 2 aromatic heterocycles. The molecule has 74 valence electrons. The molecule has 8 heteroatoms. The molecule has 6 nitrogen and oxygen atoms in total. The maximum absolute atomic E-state index is 3.98. The van der Waals surface area contributed by atoms with Gasteiger partial charge in [-0.25, -0.2) is 0 Å². The van der Waals surface area contributed by atoms with Gasteiger partial charge in [-0.3, -0.25) is 0 Å². The van der Waals surface area contributed by atoms with E-state index in [0.29, 0.717) is 5.82 Å². The van der Waals surface area contributed by atoms with E-state index in [1.807, 2.05) is 12.1 Å². The summed E-state index contributed by atoms with van der Waals surface area (Å²) in [5, 5.41) is 22.6. The van der Waals surface area contributed by atoms with E-state index in [1.165, 1.54) is 0 Å². The van der Waals surface area contributed by atoms with Crippen LogP contribution in [0, 0.1) is 0 Å². The number of halogens is 1. The normalized spacial score (nSPS) is 10.3. The largest absolute Gasteiger partial charge is 1.00 e. The summed E-state index contributed by atoms with van der Waals surface area (Å²) in [4.78, 5) is 0. The van der Waals surface area contributed by atoms with Crippen LogP contribution in [-0.2, 0) is 0 Å². The second kappa shape index (κ2) is 5.13. The zero-order valence-corrected chi connectivity index (χ0v) is 14.8. The SMILES string of the molecule is Brc1cc(-c2nn[nH]n2)c2cn[n-]c2c1.[Rb+]. The minimum Gasteiger partial charge on any atom is -0.575 e. The number of rotatable bonds is 1. The van der Waals surface area contributed by atoms with Gasteiger partial charge in [-0.1, -0.05) is 22.0 Å². The number of H-pyrrole nitrogens is 1. The van der Waals surface area contributed by atoms with Crippen molar-refractivity contribution < 1.29 is 58.2 Å². The van der Waals surface area contributed by atoms with Gasteiger partial charge >= 0.3 is 58.2 Å². The molecule has 0 aliphatic heterocycles. The second-order valence-electron chi connectivity index (χ2n) is 2.97. The maximum Gasteiger partial charge on any atom is 1.00 e. The third-order valence-electron chi connectivity index (χ3n) is 2.06. The van der Waals surface area contributed by atoms with Crippen molar-refractivity contribution in [1.29, 1.82) is 0 Å². The Kier molecular flexibility index (Phi) is 4.01. The van der Waals surface area contributed by atoms with Gasteiger partial charge in [0, 0.05) is 16.2 Å². The molecule has 2 heterocycles. The second-order valence-corrected chi connectivity index (χ2v) is 3.88. The molecular formula is C8H4BrN6Rb. The van der Waals surface area contributed by atoms with Gasteiger partial charge < -0.3 is 10.2 Å². The standard InChI is InChI=1S/C8H4BrN6.Rb/c9-4-1-5(8-12-14-15-13-8)6-3-10-11-7(6)2-4;/h1-3H,(H-,10,11,12,13,14,15);/q-1;+1. The van der Waals surface area contributed by atoms with Crippen LogP contribution in [0.4, 0.5) is 0 Å². The van der Waals surface area contributed by atoms with Crippen molar-refractivity contribution in [3.05, 3.63) is 22.8 Å². The molecule has 1 aromatic carbocycles. The van der Waals surface area contributed by atoms with Crippen molar-refractivity contribution in [3.8, 4) is 11.4 Å². The Labute approximate surface area is 148 Å². The van der Waals surface area contributed by atoms with E-state index in [1.54, 1.807) is 6.20 Å². The number of hydrogen-bond acceptors (Lipinski definition) is 4. The van der Waals surface area contributed by atoms with Gasteiger partial charge in [0.2, 0.25) is 5.82 Å². The van der Waals surface area contributed by atoms with Gasteiger partial charge in [0.05, 0.1) is 0 Å². The minimum absolute atomic E-state index is 0. The number of nitrogens with one attached hydrogen (secondary N) is 1. The van der Waals surface area contributed by atoms with Gasteiger partial charge in [0.15, 0.2) is 0 Å². The summed E-state index contributed by atoms with van der Waals surface area (Å²) in [5.41, 5.74) is 1.67. The summed E-state index contributed by atoms with van der Waals surface area (Å²) in [6.45, 7) is 0. The number of nitrogens with zero attached hydrogens (tertiary/aromatic N) is 5. The van der Waals surface area contributed by atoms with Crippen LogP contribution in [0.1, 0.15) is 0 Å². The maximum atomic E-state index is 3.98. The molecule has 0 atom stereocenters. The number of hydrogen-bond donors (Lipinski definition) is 1. The first-order valence-electron chi connectivity index (χ1n) is 4.16. The Morgan fingerprint density at radius 1 is 1.31 bits per heavy atom. The van der Waals surface area contributed by atoms with Crippen LogP contribution in [0.15, 0.2) is 22.8 Å². The molecule has 0 saturated heterocycles. The summed E-state index contributed by atoms with van der Waals surface area (Å²) in [7, 11) is 0. The van der Waals surface area contributed by atoms with E-state index >= 15 is 0 Å². The van der Waals surface area contributed by atoms with Crippen LogP contribution in [0.25, 0.3) is 22.3 Å². The van der Waals surface area contributed by atoms with E-state index < -0.39 is 0 Å². The Bertz CT molecular complexity index is 604. The van der Waals surface area contributed by atoms with Crippen molar-refractivity contribution in [2.24, 2.45) is 0 Å². The molecule has 0 aliphatic carbocycles. The molecule has 3 aromatic rings. The fourth-order valence-electron chi connectivity index (χ4n) is 1.43. The van der Waals surface area contributed by atoms with Crippen molar-refractivity contribution in [2.75, 3.05) is 0 Å². The Hall–Kier alpha value is 0.0452. The Balaban J connectivity index is 0.000000963. The summed E-state index contributed by atoms with van der Waals surface area (Å²) >= 11 is 3.40. The van der Waals surface area contributed by atoms with Crippen LogP contribution < -0.4 is 63.3 Å². The van der Waals surface area contributed by atoms with Gasteiger partial charge in [0.1, 0.15) is 0 Å². The van der Waals surface area contributed by atoms with E-state index in [-0.39, 0.29) is 58.2 Å². The summed E-state index contributed by atoms with van der Waals surface area (Å²) in [6.07, 6.45) is 1.69. The monoisotopic (exact) mass is 348 g/mol. The predicted octanol–water partition coefficient (Wildman–Crippen LogP) is -1.86. The fourth-order valence-corrected chi connectivity index (χ4v) is 1.88. The number of benzene rings is 1. The predicted molar refractivity (Wildman–Crippen MR) is 55.9 cm³/mol. The molecule has 1 N–H and O–H groups in total. The number of aromatic amines is 1. The van der Waals surface area contributed by atoms with Crippen LogP contribution >= 0.6 is 15.9 Å². The van der Waals surface area contributed by atoms with Crippen LogP contribution in [-0.4, -0.2) is 25.7 Å². The van der Waals surface area contributed by atoms with E-state index in [0.717, 1.165) is 20.9 Å². The Morgan fingerprint density at radius 3 is 2.94 bits per heavy atom. The molecule has 0 unspecified atom stereocenters. The topological polar surface area (TPSA) is 81.4 Å². The molecule has 16 heavy (non-hydrogen) atoms. The minimum atomic E-state index is 0. The summed E-state index contributed by atoms with van der Waals surface area (Å²) in [5.74, 6) is 0.538. The quantitative estimate of drug-likeness (QED) is 0.557. The van der Waals surface area contributed by atoms with E-state index in [4.69, 9.17) is 0 Å². The molecule has 0 spiro atoms. The zero-order chi connectivity index (χ0) is 10.3. The van der Waals surface area contributed by atoms with Gasteiger partial charge in [0.25, 0.3) is 0 Å². The third kappa shape index (κ3) is 2.19. The van der Waals surface area contributed by atoms with Crippen LogP contribution in [0.3, 0.4) is 0 Å². The molecule has 0 radical (unpaired) electrons. The molecule has 0 amide bonds. The molecule has 0 bridgehead atoms. The van der Waals surface area contributed by atoms with Crippen molar-refractivity contribution in [2.45, 2.75) is 0 Å². The van der Waals surface area contributed by atoms with Crippen molar-refractivity contribution in [1.82, 2.24) is 30.8 Å². The molecular weight excluding hydrogens is 346 g/mol. The zero-order valence-electron chi connectivity index (χ0n) is 8.35. The average molecular weight is 350 g/mol. The third-order valence-corrected chi connectivity index (χ3v) is 2.52. The first-order chi connectivity index (χ1) is 7.34. The van der Waals surface area contributed by atoms with Crippen molar-refractivity contribution in [3.63, 3.8) is 0 Å². The fraction of sp³-hybridized carbons (Fsp3) is 0. The van der Waals surface area contributed by atoms with Crippen LogP contribution in [0.5, 0.6) is 0 Å². The number of fused-ring (bicyclic) bond motifs is 1. The molecule has 3 rings (SSSR count). The first-order valence-corrected chi connectivity index (χ1v) is 4.95. The molecule has 0 fully saturated rings. The average Bonchev–Trinajstić information content (AvgIpc) is 2.86. The van der Waals surface area contributed by atoms with Crippen molar-refractivity contribution >= 4 is 26.8 Å². The number of tetrazole rings is 1. The number of aromatic nitrogens is 6. The van der Waals surface area contributed by atoms with E-state index in [9.17, 15) is 0 Å². The van der Waals surface area contributed by atoms with Crippen LogP contribution in [0.2, 0.25) is 0 Å². The summed E-state index contributed by atoms with van der Waals surface area (Å²) < 4.78 is 0.912. The van der Waals surface area contributed by atoms with Gasteiger partial charge in [-0.05, 0) is 16.7 Å². The molecule has 0 aliphatic rings. The van der Waals surface area contributed by atoms with E-state index in [2.05, 4.69) is 46.8 Å². The van der Waals surface area contributed by atoms with Gasteiger partial charge in [-0.2, -0.15) is 5.21 Å². The van der Waals surface area contributed by atoms with Gasteiger partial charge in [-0.15, -0.1) is 15.7 Å². The Morgan fingerprint density at radius 2 is 2.19 bits per heavy atom. The summed E-state index contributed by atoms with van der Waals surface area (Å²) in [6, 6.07) is 3.81. The molecule has 0 saturated carbocycles. The smallest absolute Gasteiger partial charge is 0.575 e. The first kappa shape index (κ1) is 12.5.